The molecular weight excluding hydrogens is 318 g/mol. The van der Waals surface area contributed by atoms with Crippen LogP contribution in [0.2, 0.25) is 0 Å². The smallest absolute Gasteiger partial charge is 0.254 e. The Bertz CT molecular complexity index is 836. The van der Waals surface area contributed by atoms with Crippen molar-refractivity contribution < 1.29 is 4.79 Å². The van der Waals surface area contributed by atoms with E-state index in [1.165, 1.54) is 10.4 Å². The van der Waals surface area contributed by atoms with Crippen LogP contribution in [0.25, 0.3) is 0 Å². The summed E-state index contributed by atoms with van der Waals surface area (Å²) in [5.41, 5.74) is 3.20. The monoisotopic (exact) mass is 337 g/mol. The molecule has 5 heteroatoms. The fourth-order valence-corrected chi connectivity index (χ4v) is 4.25. The number of hydrogen-bond donors (Lipinski definition) is 0. The topological polar surface area (TPSA) is 38.1 Å². The van der Waals surface area contributed by atoms with E-state index in [4.69, 9.17) is 0 Å². The van der Waals surface area contributed by atoms with Gasteiger partial charge < -0.3 is 4.90 Å². The van der Waals surface area contributed by atoms with E-state index in [1.807, 2.05) is 46.1 Å². The molecule has 1 aromatic carbocycles. The molecule has 1 aliphatic heterocycles. The Hall–Kier alpha value is -2.40. The van der Waals surface area contributed by atoms with Gasteiger partial charge in [0, 0.05) is 29.4 Å². The van der Waals surface area contributed by atoms with Crippen LogP contribution >= 0.6 is 11.3 Å². The third kappa shape index (κ3) is 2.76. The van der Waals surface area contributed by atoms with Gasteiger partial charge in [0.2, 0.25) is 0 Å². The van der Waals surface area contributed by atoms with Crippen molar-refractivity contribution in [3.05, 3.63) is 75.7 Å². The number of aromatic nitrogens is 2. The van der Waals surface area contributed by atoms with Crippen molar-refractivity contribution in [3.8, 4) is 0 Å². The highest BCUT2D eigenvalue weighted by molar-refractivity contribution is 7.10. The van der Waals surface area contributed by atoms with E-state index in [9.17, 15) is 4.79 Å². The predicted octanol–water partition coefficient (Wildman–Crippen LogP) is 3.75. The third-order valence-electron chi connectivity index (χ3n) is 4.64. The molecule has 0 N–H and O–H groups in total. The Balaban J connectivity index is 1.50. The van der Waals surface area contributed by atoms with Gasteiger partial charge in [-0.15, -0.1) is 11.3 Å². The molecule has 0 bridgehead atoms. The minimum Gasteiger partial charge on any atom is -0.331 e. The van der Waals surface area contributed by atoms with E-state index < -0.39 is 0 Å². The number of rotatable bonds is 3. The van der Waals surface area contributed by atoms with Gasteiger partial charge in [-0.05, 0) is 54.1 Å². The second kappa shape index (κ2) is 6.24. The summed E-state index contributed by atoms with van der Waals surface area (Å²) in [6, 6.07) is 12.1. The van der Waals surface area contributed by atoms with Gasteiger partial charge in [-0.2, -0.15) is 5.10 Å². The number of nitrogens with zero attached hydrogens (tertiary/aromatic N) is 3. The summed E-state index contributed by atoms with van der Waals surface area (Å²) in [4.78, 5) is 16.3. The van der Waals surface area contributed by atoms with Crippen molar-refractivity contribution in [1.29, 1.82) is 0 Å². The highest BCUT2D eigenvalue weighted by Crippen LogP contribution is 2.33. The first-order chi connectivity index (χ1) is 11.7. The van der Waals surface area contributed by atoms with E-state index in [1.54, 1.807) is 17.5 Å². The molecule has 0 unspecified atom stereocenters. The molecule has 122 valence electrons. The van der Waals surface area contributed by atoms with E-state index in [0.717, 1.165) is 30.6 Å². The lowest BCUT2D eigenvalue weighted by Crippen LogP contribution is -2.38. The van der Waals surface area contributed by atoms with Gasteiger partial charge in [-0.25, -0.2) is 0 Å². The van der Waals surface area contributed by atoms with Crippen LogP contribution in [0.15, 0.2) is 54.2 Å². The molecule has 0 fully saturated rings. The first-order valence-electron chi connectivity index (χ1n) is 8.16. The van der Waals surface area contributed by atoms with Crippen LogP contribution in [0.1, 0.15) is 39.3 Å². The molecule has 0 aliphatic carbocycles. The molecular formula is C19H19N3OS. The highest BCUT2D eigenvalue weighted by Gasteiger charge is 2.28. The molecule has 3 heterocycles. The minimum absolute atomic E-state index is 0.116. The molecule has 0 saturated heterocycles. The van der Waals surface area contributed by atoms with Crippen LogP contribution in [-0.2, 0) is 13.0 Å². The lowest BCUT2D eigenvalue weighted by molar-refractivity contribution is 0.0679. The Morgan fingerprint density at radius 3 is 2.88 bits per heavy atom. The Morgan fingerprint density at radius 2 is 2.12 bits per heavy atom. The zero-order valence-corrected chi connectivity index (χ0v) is 14.4. The Labute approximate surface area is 145 Å². The standard InChI is InChI=1S/C19H19N3OS/c1-14-17-8-12-24-18(17)7-11-22(14)19(23)16-5-3-15(4-6-16)13-21-10-2-9-20-21/h2-6,8-10,12,14H,7,11,13H2,1H3/t14-/m1/s1. The summed E-state index contributed by atoms with van der Waals surface area (Å²) in [7, 11) is 0. The molecule has 0 radical (unpaired) electrons. The largest absolute Gasteiger partial charge is 0.331 e. The number of benzene rings is 1. The van der Waals surface area contributed by atoms with Crippen molar-refractivity contribution in [2.45, 2.75) is 25.9 Å². The number of fused-ring (bicyclic) bond motifs is 1. The maximum atomic E-state index is 12.9. The fourth-order valence-electron chi connectivity index (χ4n) is 3.29. The molecule has 2 aromatic heterocycles. The van der Waals surface area contributed by atoms with Crippen molar-refractivity contribution in [2.75, 3.05) is 6.54 Å². The molecule has 1 atom stereocenters. The lowest BCUT2D eigenvalue weighted by Gasteiger charge is -2.33. The summed E-state index contributed by atoms with van der Waals surface area (Å²) in [5, 5.41) is 6.34. The normalized spacial score (nSPS) is 16.9. The van der Waals surface area contributed by atoms with Gasteiger partial charge in [0.1, 0.15) is 0 Å². The molecule has 3 aromatic rings. The van der Waals surface area contributed by atoms with Crippen LogP contribution in [0.4, 0.5) is 0 Å². The SMILES string of the molecule is C[C@@H]1c2ccsc2CCN1C(=O)c1ccc(Cn2cccn2)cc1. The van der Waals surface area contributed by atoms with Crippen LogP contribution in [0, 0.1) is 0 Å². The van der Waals surface area contributed by atoms with Gasteiger partial charge in [-0.1, -0.05) is 12.1 Å². The second-order valence-electron chi connectivity index (χ2n) is 6.12. The zero-order chi connectivity index (χ0) is 16.5. The molecule has 4 rings (SSSR count). The Morgan fingerprint density at radius 1 is 1.29 bits per heavy atom. The van der Waals surface area contributed by atoms with E-state index in [2.05, 4.69) is 23.5 Å². The van der Waals surface area contributed by atoms with Crippen LogP contribution in [0.3, 0.4) is 0 Å². The van der Waals surface area contributed by atoms with Gasteiger partial charge in [0.25, 0.3) is 5.91 Å². The van der Waals surface area contributed by atoms with Crippen molar-refractivity contribution >= 4 is 17.2 Å². The van der Waals surface area contributed by atoms with Crippen LogP contribution in [-0.4, -0.2) is 27.1 Å². The van der Waals surface area contributed by atoms with Gasteiger partial charge in [0.15, 0.2) is 0 Å². The Kier molecular flexibility index (Phi) is 3.94. The maximum absolute atomic E-state index is 12.9. The van der Waals surface area contributed by atoms with Crippen molar-refractivity contribution in [1.82, 2.24) is 14.7 Å². The van der Waals surface area contributed by atoms with Gasteiger partial charge in [-0.3, -0.25) is 9.48 Å². The number of carbonyl (C=O) groups excluding carboxylic acids is 1. The third-order valence-corrected chi connectivity index (χ3v) is 5.64. The molecule has 0 saturated carbocycles. The second-order valence-corrected chi connectivity index (χ2v) is 7.12. The molecule has 1 amide bonds. The van der Waals surface area contributed by atoms with E-state index in [-0.39, 0.29) is 11.9 Å². The summed E-state index contributed by atoms with van der Waals surface area (Å²) < 4.78 is 1.88. The van der Waals surface area contributed by atoms with Gasteiger partial charge >= 0.3 is 0 Å². The molecule has 0 spiro atoms. The highest BCUT2D eigenvalue weighted by atomic mass is 32.1. The number of carbonyl (C=O) groups is 1. The molecule has 4 nitrogen and oxygen atoms in total. The van der Waals surface area contributed by atoms with E-state index in [0.29, 0.717) is 0 Å². The summed E-state index contributed by atoms with van der Waals surface area (Å²) in [6.45, 7) is 3.64. The maximum Gasteiger partial charge on any atom is 0.254 e. The molecule has 24 heavy (non-hydrogen) atoms. The summed E-state index contributed by atoms with van der Waals surface area (Å²) >= 11 is 1.80. The summed E-state index contributed by atoms with van der Waals surface area (Å²) in [6.07, 6.45) is 4.67. The van der Waals surface area contributed by atoms with E-state index >= 15 is 0 Å². The average molecular weight is 337 g/mol. The first-order valence-corrected chi connectivity index (χ1v) is 9.04. The zero-order valence-electron chi connectivity index (χ0n) is 13.6. The van der Waals surface area contributed by atoms with Crippen LogP contribution < -0.4 is 0 Å². The number of amides is 1. The average Bonchev–Trinajstić information content (AvgIpc) is 3.27. The summed E-state index contributed by atoms with van der Waals surface area (Å²) in [5.74, 6) is 0.116. The van der Waals surface area contributed by atoms with Gasteiger partial charge in [0.05, 0.1) is 12.6 Å². The lowest BCUT2D eigenvalue weighted by atomic mass is 10.00. The number of thiophene rings is 1. The van der Waals surface area contributed by atoms with Crippen molar-refractivity contribution in [2.24, 2.45) is 0 Å². The molecule has 1 aliphatic rings. The van der Waals surface area contributed by atoms with Crippen molar-refractivity contribution in [3.63, 3.8) is 0 Å². The first kappa shape index (κ1) is 15.1. The van der Waals surface area contributed by atoms with Crippen LogP contribution in [0.5, 0.6) is 0 Å². The fraction of sp³-hybridized carbons (Fsp3) is 0.263. The predicted molar refractivity (Wildman–Crippen MR) is 95.2 cm³/mol. The quantitative estimate of drug-likeness (QED) is 0.730. The minimum atomic E-state index is 0.116. The number of hydrogen-bond acceptors (Lipinski definition) is 3.